The number of ether oxygens (including phenoxy) is 2. The number of alkyl carbamates (subject to hydrolysis) is 1. The predicted octanol–water partition coefficient (Wildman–Crippen LogP) is 3.25. The molecule has 2 atom stereocenters. The quantitative estimate of drug-likeness (QED) is 0.620. The van der Waals surface area contributed by atoms with Gasteiger partial charge in [-0.15, -0.1) is 0 Å². The van der Waals surface area contributed by atoms with E-state index in [-0.39, 0.29) is 32.2 Å². The number of hydrogen-bond acceptors (Lipinski definition) is 5. The number of carboxylic acid groups (broad SMARTS) is 1. The van der Waals surface area contributed by atoms with Crippen molar-refractivity contribution in [3.8, 4) is 11.1 Å². The van der Waals surface area contributed by atoms with Gasteiger partial charge in [-0.05, 0) is 29.2 Å². The zero-order valence-electron chi connectivity index (χ0n) is 19.1. The number of benzene rings is 2. The number of carbonyl (C=O) groups excluding carboxylic acids is 2. The molecule has 1 aliphatic carbocycles. The Morgan fingerprint density at radius 3 is 2.31 bits per heavy atom. The molecule has 0 spiro atoms. The summed E-state index contributed by atoms with van der Waals surface area (Å²) in [7, 11) is 0. The number of morpholine rings is 1. The van der Waals surface area contributed by atoms with E-state index in [1.54, 1.807) is 0 Å². The molecule has 0 radical (unpaired) electrons. The Balaban J connectivity index is 1.37. The van der Waals surface area contributed by atoms with E-state index in [1.165, 1.54) is 6.92 Å². The normalized spacial score (nSPS) is 20.2. The number of halogens is 2. The van der Waals surface area contributed by atoms with Crippen LogP contribution in [-0.2, 0) is 19.1 Å². The summed E-state index contributed by atoms with van der Waals surface area (Å²) in [6, 6.07) is 13.7. The Labute approximate surface area is 200 Å². The molecule has 2 unspecified atom stereocenters. The number of aliphatic carboxylic acids is 1. The van der Waals surface area contributed by atoms with E-state index in [0.29, 0.717) is 0 Å². The molecule has 1 saturated heterocycles. The van der Waals surface area contributed by atoms with Gasteiger partial charge in [0, 0.05) is 12.5 Å². The number of fused-ring (bicyclic) bond motifs is 3. The Bertz CT molecular complexity index is 1080. The maximum Gasteiger partial charge on any atom is 0.407 e. The van der Waals surface area contributed by atoms with Crippen molar-refractivity contribution in [3.63, 3.8) is 0 Å². The molecular weight excluding hydrogens is 462 g/mol. The van der Waals surface area contributed by atoms with Crippen molar-refractivity contribution < 1.29 is 37.7 Å². The predicted molar refractivity (Wildman–Crippen MR) is 121 cm³/mol. The molecule has 35 heavy (non-hydrogen) atoms. The van der Waals surface area contributed by atoms with Crippen molar-refractivity contribution in [2.24, 2.45) is 0 Å². The Morgan fingerprint density at radius 1 is 1.14 bits per heavy atom. The van der Waals surface area contributed by atoms with Crippen LogP contribution >= 0.6 is 0 Å². The molecule has 1 aliphatic heterocycles. The van der Waals surface area contributed by atoms with Gasteiger partial charge in [0.2, 0.25) is 5.91 Å². The minimum atomic E-state index is -3.02. The fourth-order valence-electron chi connectivity index (χ4n) is 4.52. The Kier molecular flexibility index (Phi) is 7.02. The summed E-state index contributed by atoms with van der Waals surface area (Å²) < 4.78 is 37.8. The number of alkyl halides is 2. The summed E-state index contributed by atoms with van der Waals surface area (Å²) in [5, 5.41) is 11.4. The second-order valence-electron chi connectivity index (χ2n) is 8.81. The summed E-state index contributed by atoms with van der Waals surface area (Å²) in [6.07, 6.45) is -4.77. The van der Waals surface area contributed by atoms with E-state index in [9.17, 15) is 28.3 Å². The van der Waals surface area contributed by atoms with Gasteiger partial charge in [0.25, 0.3) is 6.43 Å². The van der Waals surface area contributed by atoms with Crippen LogP contribution < -0.4 is 5.32 Å². The van der Waals surface area contributed by atoms with Crippen molar-refractivity contribution in [2.75, 3.05) is 26.3 Å². The molecule has 0 bridgehead atoms. The molecular formula is C25H26F2N2O6. The van der Waals surface area contributed by atoms with Crippen LogP contribution in [0.25, 0.3) is 11.1 Å². The minimum absolute atomic E-state index is 0.0340. The zero-order chi connectivity index (χ0) is 25.2. The van der Waals surface area contributed by atoms with Crippen LogP contribution in [0.15, 0.2) is 48.5 Å². The molecule has 4 rings (SSSR count). The number of carboxylic acids is 1. The number of hydrogen-bond donors (Lipinski definition) is 2. The number of carbonyl (C=O) groups is 3. The average molecular weight is 488 g/mol. The van der Waals surface area contributed by atoms with E-state index in [1.807, 2.05) is 48.5 Å². The smallest absolute Gasteiger partial charge is 0.407 e. The topological polar surface area (TPSA) is 105 Å². The Morgan fingerprint density at radius 2 is 1.74 bits per heavy atom. The fourth-order valence-corrected chi connectivity index (χ4v) is 4.52. The third-order valence-electron chi connectivity index (χ3n) is 6.43. The van der Waals surface area contributed by atoms with Crippen molar-refractivity contribution in [1.82, 2.24) is 10.2 Å². The lowest BCUT2D eigenvalue weighted by Crippen LogP contribution is -2.57. The SMILES string of the molecule is CC1(C(=O)O)CN(C(=O)CC(NC(=O)OCC2c3ccccc3-c3ccccc32)C(F)F)CCO1. The first-order valence-corrected chi connectivity index (χ1v) is 11.2. The van der Waals surface area contributed by atoms with Crippen LogP contribution in [0.1, 0.15) is 30.4 Å². The molecule has 186 valence electrons. The summed E-state index contributed by atoms with van der Waals surface area (Å²) >= 11 is 0. The van der Waals surface area contributed by atoms with Gasteiger partial charge >= 0.3 is 12.1 Å². The first-order chi connectivity index (χ1) is 16.7. The van der Waals surface area contributed by atoms with E-state index < -0.39 is 42.5 Å². The van der Waals surface area contributed by atoms with Crippen molar-refractivity contribution in [1.29, 1.82) is 0 Å². The summed E-state index contributed by atoms with van der Waals surface area (Å²) in [4.78, 5) is 37.6. The number of nitrogens with zero attached hydrogens (tertiary/aromatic N) is 1. The van der Waals surface area contributed by atoms with Crippen LogP contribution in [0.5, 0.6) is 0 Å². The van der Waals surface area contributed by atoms with Gasteiger partial charge in [-0.25, -0.2) is 18.4 Å². The molecule has 2 amide bonds. The zero-order valence-corrected chi connectivity index (χ0v) is 19.1. The molecule has 1 heterocycles. The van der Waals surface area contributed by atoms with Gasteiger partial charge in [0.05, 0.1) is 19.6 Å². The van der Waals surface area contributed by atoms with Gasteiger partial charge in [-0.2, -0.15) is 0 Å². The van der Waals surface area contributed by atoms with Gasteiger partial charge < -0.3 is 24.8 Å². The molecule has 1 fully saturated rings. The van der Waals surface area contributed by atoms with Crippen LogP contribution in [-0.4, -0.2) is 72.3 Å². The van der Waals surface area contributed by atoms with E-state index >= 15 is 0 Å². The highest BCUT2D eigenvalue weighted by Crippen LogP contribution is 2.44. The summed E-state index contributed by atoms with van der Waals surface area (Å²) in [5.41, 5.74) is 2.42. The van der Waals surface area contributed by atoms with Gasteiger partial charge in [0.1, 0.15) is 12.6 Å². The van der Waals surface area contributed by atoms with Gasteiger partial charge in [0.15, 0.2) is 5.60 Å². The standard InChI is InChI=1S/C25H26F2N2O6/c1-25(23(31)32)14-29(10-11-35-25)21(30)12-20(22(26)27)28-24(33)34-13-19-17-8-4-2-6-15(17)16-7-3-5-9-18(16)19/h2-9,19-20,22H,10-14H2,1H3,(H,28,33)(H,31,32). The first kappa shape index (κ1) is 24.6. The molecule has 0 aromatic heterocycles. The molecule has 8 nitrogen and oxygen atoms in total. The minimum Gasteiger partial charge on any atom is -0.479 e. The maximum atomic E-state index is 13.6. The highest BCUT2D eigenvalue weighted by molar-refractivity contribution is 5.82. The molecule has 0 saturated carbocycles. The molecule has 10 heteroatoms. The van der Waals surface area contributed by atoms with E-state index in [2.05, 4.69) is 5.32 Å². The maximum absolute atomic E-state index is 13.6. The average Bonchev–Trinajstić information content (AvgIpc) is 3.16. The van der Waals surface area contributed by atoms with E-state index in [4.69, 9.17) is 9.47 Å². The van der Waals surface area contributed by atoms with Crippen molar-refractivity contribution in [3.05, 3.63) is 59.7 Å². The van der Waals surface area contributed by atoms with Crippen LogP contribution in [0.2, 0.25) is 0 Å². The third kappa shape index (κ3) is 5.12. The number of rotatable bonds is 7. The monoisotopic (exact) mass is 488 g/mol. The summed E-state index contributed by atoms with van der Waals surface area (Å²) in [6.45, 7) is 1.02. The highest BCUT2D eigenvalue weighted by Gasteiger charge is 2.41. The van der Waals surface area contributed by atoms with Crippen molar-refractivity contribution in [2.45, 2.75) is 37.3 Å². The lowest BCUT2D eigenvalue weighted by atomic mass is 9.98. The van der Waals surface area contributed by atoms with E-state index in [0.717, 1.165) is 27.2 Å². The van der Waals surface area contributed by atoms with Crippen LogP contribution in [0.3, 0.4) is 0 Å². The number of amides is 2. The molecule has 2 aliphatic rings. The fraction of sp³-hybridized carbons (Fsp3) is 0.400. The lowest BCUT2D eigenvalue weighted by molar-refractivity contribution is -0.177. The lowest BCUT2D eigenvalue weighted by Gasteiger charge is -2.38. The molecule has 2 aromatic carbocycles. The molecule has 2 aromatic rings. The van der Waals surface area contributed by atoms with Gasteiger partial charge in [-0.1, -0.05) is 48.5 Å². The highest BCUT2D eigenvalue weighted by atomic mass is 19.3. The number of nitrogens with one attached hydrogen (secondary N) is 1. The van der Waals surface area contributed by atoms with Crippen LogP contribution in [0.4, 0.5) is 13.6 Å². The third-order valence-corrected chi connectivity index (χ3v) is 6.43. The summed E-state index contributed by atoms with van der Waals surface area (Å²) in [5.74, 6) is -2.19. The Hall–Kier alpha value is -3.53. The first-order valence-electron chi connectivity index (χ1n) is 11.2. The van der Waals surface area contributed by atoms with Crippen LogP contribution in [0, 0.1) is 0 Å². The largest absolute Gasteiger partial charge is 0.479 e. The molecule has 2 N–H and O–H groups in total. The van der Waals surface area contributed by atoms with Gasteiger partial charge in [-0.3, -0.25) is 4.79 Å². The second-order valence-corrected chi connectivity index (χ2v) is 8.81. The van der Waals surface area contributed by atoms with Crippen molar-refractivity contribution >= 4 is 18.0 Å². The second kappa shape index (κ2) is 9.99.